The number of H-pyrrole nitrogens is 1. The van der Waals surface area contributed by atoms with Crippen molar-refractivity contribution in [3.05, 3.63) is 45.9 Å². The van der Waals surface area contributed by atoms with Gasteiger partial charge in [0.2, 0.25) is 11.7 Å². The van der Waals surface area contributed by atoms with E-state index in [9.17, 15) is 14.5 Å². The summed E-state index contributed by atoms with van der Waals surface area (Å²) < 4.78 is 18.5. The Bertz CT molecular complexity index is 568. The van der Waals surface area contributed by atoms with Gasteiger partial charge in [-0.3, -0.25) is 15.2 Å². The first-order chi connectivity index (χ1) is 8.06. The third-order valence-electron chi connectivity index (χ3n) is 2.02. The number of nitro benzene ring substituents is 1. The minimum absolute atomic E-state index is 0.152. The largest absolute Gasteiger partial charge is 0.437 e. The summed E-state index contributed by atoms with van der Waals surface area (Å²) in [6, 6.07) is 4.93. The monoisotopic (exact) mass is 237 g/mol. The van der Waals surface area contributed by atoms with Crippen LogP contribution in [0.4, 0.5) is 10.1 Å². The molecule has 1 aromatic heterocycles. The van der Waals surface area contributed by atoms with Crippen LogP contribution >= 0.6 is 0 Å². The fourth-order valence-electron chi connectivity index (χ4n) is 1.27. The van der Waals surface area contributed by atoms with Gasteiger partial charge in [0.15, 0.2) is 0 Å². The summed E-state index contributed by atoms with van der Waals surface area (Å²) in [5.74, 6) is -0.518. The van der Waals surface area contributed by atoms with Crippen LogP contribution in [0.1, 0.15) is 5.69 Å². The van der Waals surface area contributed by atoms with Crippen molar-refractivity contribution in [1.29, 1.82) is 0 Å². The molecule has 0 aliphatic carbocycles. The number of aromatic nitrogens is 2. The molecule has 2 aromatic rings. The van der Waals surface area contributed by atoms with Crippen LogP contribution < -0.4 is 4.74 Å². The van der Waals surface area contributed by atoms with E-state index in [4.69, 9.17) is 4.74 Å². The van der Waals surface area contributed by atoms with Crippen LogP contribution in [0, 0.1) is 22.9 Å². The van der Waals surface area contributed by atoms with Gasteiger partial charge in [-0.05, 0) is 13.0 Å². The minimum Gasteiger partial charge on any atom is -0.437 e. The molecule has 0 fully saturated rings. The van der Waals surface area contributed by atoms with Gasteiger partial charge >= 0.3 is 5.69 Å². The number of nitro groups is 1. The molecule has 0 aliphatic rings. The van der Waals surface area contributed by atoms with Crippen LogP contribution in [-0.2, 0) is 0 Å². The lowest BCUT2D eigenvalue weighted by Crippen LogP contribution is -1.93. The fourth-order valence-corrected chi connectivity index (χ4v) is 1.27. The van der Waals surface area contributed by atoms with Gasteiger partial charge in [0, 0.05) is 23.9 Å². The lowest BCUT2D eigenvalue weighted by molar-refractivity contribution is -0.387. The zero-order valence-corrected chi connectivity index (χ0v) is 8.81. The molecule has 0 bridgehead atoms. The van der Waals surface area contributed by atoms with Crippen LogP contribution in [-0.4, -0.2) is 15.1 Å². The van der Waals surface area contributed by atoms with E-state index in [0.29, 0.717) is 0 Å². The van der Waals surface area contributed by atoms with Crippen LogP contribution in [0.2, 0.25) is 0 Å². The van der Waals surface area contributed by atoms with Gasteiger partial charge in [0.1, 0.15) is 5.75 Å². The number of nitrogens with zero attached hydrogens (tertiary/aromatic N) is 2. The molecular formula is C10H8FN3O3. The van der Waals surface area contributed by atoms with E-state index in [1.165, 1.54) is 6.07 Å². The maximum atomic E-state index is 13.3. The molecule has 2 rings (SSSR count). The molecule has 0 amide bonds. The number of hydrogen-bond donors (Lipinski definition) is 1. The molecular weight excluding hydrogens is 229 g/mol. The second-order valence-corrected chi connectivity index (χ2v) is 3.36. The lowest BCUT2D eigenvalue weighted by atomic mass is 10.3. The number of nitrogens with one attached hydrogen (secondary N) is 1. The highest BCUT2D eigenvalue weighted by molar-refractivity contribution is 5.39. The average Bonchev–Trinajstić information content (AvgIpc) is 2.63. The Kier molecular flexibility index (Phi) is 2.73. The molecule has 0 saturated carbocycles. The molecule has 7 heteroatoms. The number of rotatable bonds is 3. The standard InChI is InChI=1S/C10H8FN3O3/c1-6-4-10(13-12-6)17-7-2-3-9(14(15)16)8(11)5-7/h2-5H,1H3,(H,12,13). The zero-order valence-electron chi connectivity index (χ0n) is 8.81. The van der Waals surface area contributed by atoms with Crippen molar-refractivity contribution in [2.24, 2.45) is 0 Å². The highest BCUT2D eigenvalue weighted by Crippen LogP contribution is 2.25. The van der Waals surface area contributed by atoms with Crippen molar-refractivity contribution in [3.63, 3.8) is 0 Å². The van der Waals surface area contributed by atoms with Crippen LogP contribution in [0.15, 0.2) is 24.3 Å². The Balaban J connectivity index is 2.23. The first-order valence-corrected chi connectivity index (χ1v) is 4.70. The number of aromatic amines is 1. The number of aryl methyl sites for hydroxylation is 1. The van der Waals surface area contributed by atoms with Crippen molar-refractivity contribution >= 4 is 5.69 Å². The molecule has 0 unspecified atom stereocenters. The Morgan fingerprint density at radius 1 is 1.47 bits per heavy atom. The summed E-state index contributed by atoms with van der Waals surface area (Å²) in [5, 5.41) is 16.9. The maximum absolute atomic E-state index is 13.3. The quantitative estimate of drug-likeness (QED) is 0.657. The fraction of sp³-hybridized carbons (Fsp3) is 0.100. The molecule has 88 valence electrons. The van der Waals surface area contributed by atoms with Crippen molar-refractivity contribution in [3.8, 4) is 11.6 Å². The molecule has 0 saturated heterocycles. The van der Waals surface area contributed by atoms with Gasteiger partial charge in [0.05, 0.1) is 4.92 Å². The lowest BCUT2D eigenvalue weighted by Gasteiger charge is -2.01. The number of halogens is 1. The molecule has 6 nitrogen and oxygen atoms in total. The van der Waals surface area contributed by atoms with Crippen LogP contribution in [0.3, 0.4) is 0 Å². The molecule has 0 aliphatic heterocycles. The van der Waals surface area contributed by atoms with E-state index in [2.05, 4.69) is 10.2 Å². The molecule has 1 aromatic carbocycles. The maximum Gasteiger partial charge on any atom is 0.305 e. The van der Waals surface area contributed by atoms with Crippen molar-refractivity contribution in [2.75, 3.05) is 0 Å². The molecule has 0 atom stereocenters. The number of hydrogen-bond acceptors (Lipinski definition) is 4. The van der Waals surface area contributed by atoms with Crippen molar-refractivity contribution in [1.82, 2.24) is 10.2 Å². The van der Waals surface area contributed by atoms with Crippen LogP contribution in [0.5, 0.6) is 11.6 Å². The normalized spacial score (nSPS) is 10.2. The van der Waals surface area contributed by atoms with Crippen molar-refractivity contribution < 1.29 is 14.1 Å². The van der Waals surface area contributed by atoms with E-state index < -0.39 is 16.4 Å². The number of benzene rings is 1. The van der Waals surface area contributed by atoms with Gasteiger partial charge in [-0.2, -0.15) is 4.39 Å². The van der Waals surface area contributed by atoms with E-state index >= 15 is 0 Å². The molecule has 17 heavy (non-hydrogen) atoms. The predicted molar refractivity (Wildman–Crippen MR) is 56.5 cm³/mol. The summed E-state index contributed by atoms with van der Waals surface area (Å²) in [6.07, 6.45) is 0. The van der Waals surface area contributed by atoms with Crippen LogP contribution in [0.25, 0.3) is 0 Å². The Morgan fingerprint density at radius 2 is 2.24 bits per heavy atom. The second-order valence-electron chi connectivity index (χ2n) is 3.36. The Hall–Kier alpha value is -2.44. The SMILES string of the molecule is Cc1cc(Oc2ccc([N+](=O)[O-])c(F)c2)n[nH]1. The number of ether oxygens (including phenoxy) is 1. The van der Waals surface area contributed by atoms with Gasteiger partial charge in [-0.25, -0.2) is 0 Å². The zero-order chi connectivity index (χ0) is 12.4. The molecule has 1 N–H and O–H groups in total. The van der Waals surface area contributed by atoms with E-state index in [0.717, 1.165) is 17.8 Å². The van der Waals surface area contributed by atoms with E-state index in [-0.39, 0.29) is 11.6 Å². The summed E-state index contributed by atoms with van der Waals surface area (Å²) in [5.41, 5.74) is 0.206. The van der Waals surface area contributed by atoms with E-state index in [1.54, 1.807) is 13.0 Å². The summed E-state index contributed by atoms with van der Waals surface area (Å²) >= 11 is 0. The first kappa shape index (κ1) is 11.1. The smallest absolute Gasteiger partial charge is 0.305 e. The Morgan fingerprint density at radius 3 is 2.76 bits per heavy atom. The highest BCUT2D eigenvalue weighted by Gasteiger charge is 2.14. The molecule has 1 heterocycles. The minimum atomic E-state index is -0.945. The summed E-state index contributed by atoms with van der Waals surface area (Å²) in [6.45, 7) is 1.79. The third-order valence-corrected chi connectivity index (χ3v) is 2.02. The predicted octanol–water partition coefficient (Wildman–Crippen LogP) is 2.56. The topological polar surface area (TPSA) is 81.1 Å². The van der Waals surface area contributed by atoms with Gasteiger partial charge in [-0.15, -0.1) is 5.10 Å². The van der Waals surface area contributed by atoms with Gasteiger partial charge in [0.25, 0.3) is 0 Å². The third kappa shape index (κ3) is 2.39. The first-order valence-electron chi connectivity index (χ1n) is 4.70. The summed E-state index contributed by atoms with van der Waals surface area (Å²) in [7, 11) is 0. The molecule has 0 spiro atoms. The van der Waals surface area contributed by atoms with Gasteiger partial charge in [-0.1, -0.05) is 0 Å². The summed E-state index contributed by atoms with van der Waals surface area (Å²) in [4.78, 5) is 9.61. The average molecular weight is 237 g/mol. The Labute approximate surface area is 95.2 Å². The van der Waals surface area contributed by atoms with Crippen molar-refractivity contribution in [2.45, 2.75) is 6.92 Å². The molecule has 0 radical (unpaired) electrons. The van der Waals surface area contributed by atoms with E-state index in [1.807, 2.05) is 0 Å². The second kappa shape index (κ2) is 4.20. The highest BCUT2D eigenvalue weighted by atomic mass is 19.1. The van der Waals surface area contributed by atoms with Gasteiger partial charge < -0.3 is 4.74 Å².